The number of nitro benzene ring substituents is 1. The number of hydrogen-bond acceptors (Lipinski definition) is 6. The Morgan fingerprint density at radius 1 is 1.16 bits per heavy atom. The number of methoxy groups -OCH3 is 2. The second-order valence-corrected chi connectivity index (χ2v) is 5.21. The van der Waals surface area contributed by atoms with Crippen LogP contribution in [0.4, 0.5) is 11.4 Å². The maximum absolute atomic E-state index is 12.1. The monoisotopic (exact) mass is 366 g/mol. The first kappa shape index (κ1) is 18.3. The van der Waals surface area contributed by atoms with Gasteiger partial charge in [0.25, 0.3) is 5.91 Å². The highest BCUT2D eigenvalue weighted by Crippen LogP contribution is 2.31. The predicted octanol–water partition coefficient (Wildman–Crippen LogP) is 3.28. The number of benzene rings is 2. The fourth-order valence-electron chi connectivity index (χ4n) is 2.00. The minimum absolute atomic E-state index is 0.0536. The molecule has 0 aromatic heterocycles. The molecular weight excluding hydrogens is 352 g/mol. The summed E-state index contributed by atoms with van der Waals surface area (Å²) in [6.07, 6.45) is 0. The molecular formula is C16H15ClN2O6. The molecule has 1 amide bonds. The van der Waals surface area contributed by atoms with Crippen molar-refractivity contribution < 1.29 is 23.9 Å². The molecule has 0 unspecified atom stereocenters. The quantitative estimate of drug-likeness (QED) is 0.596. The predicted molar refractivity (Wildman–Crippen MR) is 91.8 cm³/mol. The zero-order chi connectivity index (χ0) is 18.4. The normalized spacial score (nSPS) is 10.0. The Morgan fingerprint density at radius 2 is 1.88 bits per heavy atom. The van der Waals surface area contributed by atoms with E-state index in [1.807, 2.05) is 0 Å². The van der Waals surface area contributed by atoms with E-state index in [9.17, 15) is 14.9 Å². The molecule has 2 aromatic carbocycles. The van der Waals surface area contributed by atoms with Gasteiger partial charge in [-0.1, -0.05) is 11.6 Å². The number of nitrogens with one attached hydrogen (secondary N) is 1. The number of nitrogens with zero attached hydrogens (tertiary/aromatic N) is 1. The molecule has 0 heterocycles. The summed E-state index contributed by atoms with van der Waals surface area (Å²) in [6, 6.07) is 8.83. The van der Waals surface area contributed by atoms with Crippen molar-refractivity contribution in [1.29, 1.82) is 0 Å². The third-order valence-corrected chi connectivity index (χ3v) is 3.39. The van der Waals surface area contributed by atoms with Gasteiger partial charge < -0.3 is 19.5 Å². The van der Waals surface area contributed by atoms with Gasteiger partial charge in [0.2, 0.25) is 0 Å². The lowest BCUT2D eigenvalue weighted by molar-refractivity contribution is -0.385. The molecule has 0 aliphatic heterocycles. The molecule has 132 valence electrons. The second kappa shape index (κ2) is 8.20. The van der Waals surface area contributed by atoms with Crippen LogP contribution in [0.1, 0.15) is 0 Å². The molecule has 2 rings (SSSR count). The van der Waals surface area contributed by atoms with Gasteiger partial charge in [0, 0.05) is 17.2 Å². The molecule has 1 N–H and O–H groups in total. The first-order valence-corrected chi connectivity index (χ1v) is 7.41. The largest absolute Gasteiger partial charge is 0.497 e. The van der Waals surface area contributed by atoms with E-state index in [0.717, 1.165) is 6.07 Å². The molecule has 9 heteroatoms. The average molecular weight is 367 g/mol. The number of carbonyl (C=O) groups is 1. The van der Waals surface area contributed by atoms with Crippen LogP contribution in [0, 0.1) is 10.1 Å². The molecule has 0 spiro atoms. The number of halogens is 1. The van der Waals surface area contributed by atoms with Crippen molar-refractivity contribution in [3.63, 3.8) is 0 Å². The second-order valence-electron chi connectivity index (χ2n) is 4.77. The van der Waals surface area contributed by atoms with E-state index in [1.165, 1.54) is 26.4 Å². The van der Waals surface area contributed by atoms with Gasteiger partial charge in [-0.25, -0.2) is 0 Å². The molecule has 0 saturated heterocycles. The fourth-order valence-corrected chi connectivity index (χ4v) is 2.16. The van der Waals surface area contributed by atoms with Gasteiger partial charge >= 0.3 is 5.69 Å². The minimum atomic E-state index is -0.635. The van der Waals surface area contributed by atoms with Crippen LogP contribution in [-0.4, -0.2) is 31.7 Å². The summed E-state index contributed by atoms with van der Waals surface area (Å²) >= 11 is 5.73. The van der Waals surface area contributed by atoms with Crippen LogP contribution < -0.4 is 19.5 Å². The van der Waals surface area contributed by atoms with Crippen molar-refractivity contribution in [2.24, 2.45) is 0 Å². The van der Waals surface area contributed by atoms with Gasteiger partial charge in [-0.15, -0.1) is 0 Å². The lowest BCUT2D eigenvalue weighted by Crippen LogP contribution is -2.20. The van der Waals surface area contributed by atoms with Crippen molar-refractivity contribution in [3.05, 3.63) is 51.5 Å². The molecule has 25 heavy (non-hydrogen) atoms. The van der Waals surface area contributed by atoms with Crippen LogP contribution in [0.5, 0.6) is 17.2 Å². The van der Waals surface area contributed by atoms with E-state index in [1.54, 1.807) is 18.2 Å². The Morgan fingerprint density at radius 3 is 2.52 bits per heavy atom. The summed E-state index contributed by atoms with van der Waals surface area (Å²) in [4.78, 5) is 22.4. The van der Waals surface area contributed by atoms with E-state index in [0.29, 0.717) is 17.2 Å². The third kappa shape index (κ3) is 4.74. The Kier molecular flexibility index (Phi) is 6.02. The van der Waals surface area contributed by atoms with Gasteiger partial charge in [-0.2, -0.15) is 0 Å². The highest BCUT2D eigenvalue weighted by molar-refractivity contribution is 6.30. The van der Waals surface area contributed by atoms with E-state index >= 15 is 0 Å². The number of anilines is 1. The topological polar surface area (TPSA) is 99.9 Å². The van der Waals surface area contributed by atoms with Crippen molar-refractivity contribution >= 4 is 28.9 Å². The summed E-state index contributed by atoms with van der Waals surface area (Å²) in [5.41, 5.74) is 0.0697. The van der Waals surface area contributed by atoms with E-state index < -0.39 is 17.4 Å². The summed E-state index contributed by atoms with van der Waals surface area (Å²) in [7, 11) is 2.96. The number of nitro groups is 1. The minimum Gasteiger partial charge on any atom is -0.497 e. The fraction of sp³-hybridized carbons (Fsp3) is 0.188. The van der Waals surface area contributed by atoms with Crippen LogP contribution in [0.2, 0.25) is 5.02 Å². The summed E-state index contributed by atoms with van der Waals surface area (Å²) in [5, 5.41) is 13.8. The van der Waals surface area contributed by atoms with Crippen molar-refractivity contribution in [1.82, 2.24) is 0 Å². The number of ether oxygens (including phenoxy) is 3. The summed E-state index contributed by atoms with van der Waals surface area (Å²) in [5.74, 6) is 0.398. The van der Waals surface area contributed by atoms with Crippen LogP contribution in [0.3, 0.4) is 0 Å². The maximum Gasteiger partial charge on any atom is 0.312 e. The van der Waals surface area contributed by atoms with Crippen molar-refractivity contribution in [3.8, 4) is 17.2 Å². The van der Waals surface area contributed by atoms with E-state index in [4.69, 9.17) is 25.8 Å². The van der Waals surface area contributed by atoms with Gasteiger partial charge in [0.15, 0.2) is 12.4 Å². The van der Waals surface area contributed by atoms with Crippen molar-refractivity contribution in [2.75, 3.05) is 26.1 Å². The zero-order valence-electron chi connectivity index (χ0n) is 13.4. The Balaban J connectivity index is 2.08. The van der Waals surface area contributed by atoms with Gasteiger partial charge in [-0.3, -0.25) is 14.9 Å². The number of amides is 1. The highest BCUT2D eigenvalue weighted by Gasteiger charge is 2.17. The van der Waals surface area contributed by atoms with Crippen LogP contribution in [-0.2, 0) is 4.79 Å². The lowest BCUT2D eigenvalue weighted by Gasteiger charge is -2.12. The molecule has 0 bridgehead atoms. The molecule has 8 nitrogen and oxygen atoms in total. The first-order chi connectivity index (χ1) is 11.9. The zero-order valence-corrected chi connectivity index (χ0v) is 14.2. The first-order valence-electron chi connectivity index (χ1n) is 7.03. The van der Waals surface area contributed by atoms with E-state index in [-0.39, 0.29) is 16.5 Å². The maximum atomic E-state index is 12.1. The molecule has 2 aromatic rings. The number of rotatable bonds is 7. The molecule has 0 aliphatic rings. The van der Waals surface area contributed by atoms with Gasteiger partial charge in [0.1, 0.15) is 11.5 Å². The average Bonchev–Trinajstić information content (AvgIpc) is 2.60. The smallest absolute Gasteiger partial charge is 0.312 e. The van der Waals surface area contributed by atoms with Crippen LogP contribution in [0.15, 0.2) is 36.4 Å². The van der Waals surface area contributed by atoms with E-state index in [2.05, 4.69) is 5.32 Å². The summed E-state index contributed by atoms with van der Waals surface area (Å²) < 4.78 is 15.5. The Bertz CT molecular complexity index is 796. The molecule has 0 atom stereocenters. The van der Waals surface area contributed by atoms with Crippen molar-refractivity contribution in [2.45, 2.75) is 0 Å². The van der Waals surface area contributed by atoms with Crippen LogP contribution in [0.25, 0.3) is 0 Å². The molecule has 0 saturated carbocycles. The number of carbonyl (C=O) groups excluding carboxylic acids is 1. The lowest BCUT2D eigenvalue weighted by atomic mass is 10.2. The van der Waals surface area contributed by atoms with Gasteiger partial charge in [0.05, 0.1) is 24.8 Å². The Hall–Kier alpha value is -3.00. The molecule has 0 aliphatic carbocycles. The Labute approximate surface area is 148 Å². The third-order valence-electron chi connectivity index (χ3n) is 3.16. The molecule has 0 fully saturated rings. The van der Waals surface area contributed by atoms with Crippen LogP contribution >= 0.6 is 11.6 Å². The van der Waals surface area contributed by atoms with Gasteiger partial charge in [-0.05, 0) is 24.3 Å². The number of hydrogen-bond donors (Lipinski definition) is 1. The highest BCUT2D eigenvalue weighted by atomic mass is 35.5. The molecule has 0 radical (unpaired) electrons. The standard InChI is InChI=1S/C16H15ClN2O6/c1-23-11-4-6-14(24-2)12(8-11)18-16(20)9-25-15-5-3-10(17)7-13(15)19(21)22/h3-8H,9H2,1-2H3,(H,18,20). The summed E-state index contributed by atoms with van der Waals surface area (Å²) in [6.45, 7) is -0.428. The SMILES string of the molecule is COc1ccc(OC)c(NC(=O)COc2ccc(Cl)cc2[N+](=O)[O-])c1.